The number of hydrogen-bond acceptors (Lipinski definition) is 2. The number of amides is 2. The molecule has 1 aliphatic rings. The number of halogens is 1. The normalized spacial score (nSPS) is 13.9. The number of nitrogens with zero attached hydrogens (tertiary/aromatic N) is 2. The van der Waals surface area contributed by atoms with Crippen LogP contribution in [0.1, 0.15) is 35.6 Å². The number of aryl methyl sites for hydroxylation is 1. The summed E-state index contributed by atoms with van der Waals surface area (Å²) >= 11 is 0. The van der Waals surface area contributed by atoms with E-state index in [4.69, 9.17) is 0 Å². The summed E-state index contributed by atoms with van der Waals surface area (Å²) in [5.74, 6) is 0.271. The van der Waals surface area contributed by atoms with Gasteiger partial charge in [0.2, 0.25) is 0 Å². The van der Waals surface area contributed by atoms with E-state index in [1.807, 2.05) is 23.9 Å². The molecule has 2 aromatic rings. The molecule has 1 aromatic carbocycles. The van der Waals surface area contributed by atoms with Crippen molar-refractivity contribution in [1.82, 2.24) is 20.2 Å². The van der Waals surface area contributed by atoms with Crippen molar-refractivity contribution in [2.75, 3.05) is 0 Å². The molecule has 0 saturated heterocycles. The molecule has 6 heteroatoms. The predicted molar refractivity (Wildman–Crippen MR) is 80.7 cm³/mol. The maximum absolute atomic E-state index is 14.0. The van der Waals surface area contributed by atoms with Gasteiger partial charge in [0.05, 0.1) is 18.6 Å². The summed E-state index contributed by atoms with van der Waals surface area (Å²) < 4.78 is 15.8. The van der Waals surface area contributed by atoms with E-state index in [2.05, 4.69) is 15.6 Å². The molecule has 1 fully saturated rings. The first-order valence-electron chi connectivity index (χ1n) is 7.38. The molecular formula is C16H19FN4O. The van der Waals surface area contributed by atoms with Crippen molar-refractivity contribution >= 4 is 6.03 Å². The lowest BCUT2D eigenvalue weighted by Crippen LogP contribution is -2.34. The van der Waals surface area contributed by atoms with Gasteiger partial charge < -0.3 is 15.2 Å². The fourth-order valence-electron chi connectivity index (χ4n) is 2.34. The van der Waals surface area contributed by atoms with Crippen LogP contribution >= 0.6 is 0 Å². The number of carbonyl (C=O) groups is 1. The highest BCUT2D eigenvalue weighted by molar-refractivity contribution is 5.73. The van der Waals surface area contributed by atoms with Crippen LogP contribution in [0.15, 0.2) is 30.7 Å². The second-order valence-corrected chi connectivity index (χ2v) is 5.69. The average molecular weight is 302 g/mol. The molecule has 0 aliphatic heterocycles. The van der Waals surface area contributed by atoms with Gasteiger partial charge >= 0.3 is 6.03 Å². The maximum Gasteiger partial charge on any atom is 0.315 e. The smallest absolute Gasteiger partial charge is 0.315 e. The first-order valence-corrected chi connectivity index (χ1v) is 7.38. The lowest BCUT2D eigenvalue weighted by molar-refractivity contribution is 0.240. The predicted octanol–water partition coefficient (Wildman–Crippen LogP) is 2.44. The quantitative estimate of drug-likeness (QED) is 0.891. The van der Waals surface area contributed by atoms with Gasteiger partial charge in [0.15, 0.2) is 0 Å². The van der Waals surface area contributed by atoms with E-state index in [1.54, 1.807) is 18.5 Å². The molecule has 2 amide bonds. The zero-order chi connectivity index (χ0) is 15.5. The molecule has 1 heterocycles. The van der Waals surface area contributed by atoms with Crippen LogP contribution < -0.4 is 10.6 Å². The first kappa shape index (κ1) is 14.6. The monoisotopic (exact) mass is 302 g/mol. The Morgan fingerprint density at radius 2 is 2.14 bits per heavy atom. The Morgan fingerprint density at radius 3 is 2.77 bits per heavy atom. The molecule has 116 valence electrons. The Balaban J connectivity index is 1.48. The van der Waals surface area contributed by atoms with E-state index in [0.717, 1.165) is 24.1 Å². The van der Waals surface area contributed by atoms with Gasteiger partial charge in [-0.25, -0.2) is 14.2 Å². The fraction of sp³-hybridized carbons (Fsp3) is 0.375. The van der Waals surface area contributed by atoms with Gasteiger partial charge in [-0.2, -0.15) is 0 Å². The van der Waals surface area contributed by atoms with Crippen molar-refractivity contribution in [3.63, 3.8) is 0 Å². The zero-order valence-electron chi connectivity index (χ0n) is 12.5. The van der Waals surface area contributed by atoms with Crippen LogP contribution in [-0.4, -0.2) is 15.6 Å². The minimum atomic E-state index is -0.337. The molecule has 22 heavy (non-hydrogen) atoms. The highest BCUT2D eigenvalue weighted by Crippen LogP contribution is 2.40. The van der Waals surface area contributed by atoms with E-state index in [1.165, 1.54) is 0 Å². The number of imidazole rings is 1. The van der Waals surface area contributed by atoms with Gasteiger partial charge in [-0.05, 0) is 30.4 Å². The summed E-state index contributed by atoms with van der Waals surface area (Å²) in [6.45, 7) is 0.514. The largest absolute Gasteiger partial charge is 0.340 e. The number of urea groups is 1. The van der Waals surface area contributed by atoms with Crippen molar-refractivity contribution < 1.29 is 9.18 Å². The van der Waals surface area contributed by atoms with Crippen molar-refractivity contribution in [3.8, 4) is 0 Å². The number of nitrogens with one attached hydrogen (secondary N) is 2. The standard InChI is InChI=1S/C16H19FN4O/c1-21-9-14(20-10-21)8-19-16(22)18-7-13-5-4-12(6-15(13)17)11-2-3-11/h4-6,9-11H,2-3,7-8H2,1H3,(H2,18,19,22). The second kappa shape index (κ2) is 6.17. The van der Waals surface area contributed by atoms with E-state index in [9.17, 15) is 9.18 Å². The van der Waals surface area contributed by atoms with Crippen LogP contribution in [0.3, 0.4) is 0 Å². The van der Waals surface area contributed by atoms with E-state index in [-0.39, 0.29) is 18.4 Å². The number of aromatic nitrogens is 2. The summed E-state index contributed by atoms with van der Waals surface area (Å²) in [7, 11) is 1.87. The third kappa shape index (κ3) is 3.63. The zero-order valence-corrected chi connectivity index (χ0v) is 12.5. The number of rotatable bonds is 5. The molecule has 2 N–H and O–H groups in total. The summed E-state index contributed by atoms with van der Waals surface area (Å²) in [6, 6.07) is 4.95. The molecule has 0 spiro atoms. The van der Waals surface area contributed by atoms with Crippen molar-refractivity contribution in [2.24, 2.45) is 7.05 Å². The summed E-state index contributed by atoms with van der Waals surface area (Å²) in [5, 5.41) is 5.35. The first-order chi connectivity index (χ1) is 10.6. The molecule has 1 saturated carbocycles. The van der Waals surface area contributed by atoms with Gasteiger partial charge in [0.25, 0.3) is 0 Å². The van der Waals surface area contributed by atoms with Gasteiger partial charge in [-0.15, -0.1) is 0 Å². The Bertz CT molecular complexity index is 679. The van der Waals surface area contributed by atoms with Crippen molar-refractivity contribution in [2.45, 2.75) is 31.8 Å². The van der Waals surface area contributed by atoms with Crippen LogP contribution in [-0.2, 0) is 20.1 Å². The van der Waals surface area contributed by atoms with Crippen LogP contribution in [0.25, 0.3) is 0 Å². The fourth-order valence-corrected chi connectivity index (χ4v) is 2.34. The third-order valence-electron chi connectivity index (χ3n) is 3.75. The maximum atomic E-state index is 14.0. The minimum absolute atomic E-state index is 0.171. The molecule has 0 unspecified atom stereocenters. The summed E-state index contributed by atoms with van der Waals surface area (Å²) in [4.78, 5) is 15.8. The second-order valence-electron chi connectivity index (χ2n) is 5.69. The summed E-state index contributed by atoms with van der Waals surface area (Å²) in [5.41, 5.74) is 2.33. The van der Waals surface area contributed by atoms with Crippen LogP contribution in [0, 0.1) is 5.82 Å². The van der Waals surface area contributed by atoms with E-state index >= 15 is 0 Å². The number of carbonyl (C=O) groups excluding carboxylic acids is 1. The highest BCUT2D eigenvalue weighted by Gasteiger charge is 2.24. The van der Waals surface area contributed by atoms with Crippen molar-refractivity contribution in [1.29, 1.82) is 0 Å². The van der Waals surface area contributed by atoms with Gasteiger partial charge in [0, 0.05) is 25.4 Å². The Kier molecular flexibility index (Phi) is 4.09. The Morgan fingerprint density at radius 1 is 1.36 bits per heavy atom. The molecule has 1 aromatic heterocycles. The number of benzene rings is 1. The third-order valence-corrected chi connectivity index (χ3v) is 3.75. The lowest BCUT2D eigenvalue weighted by atomic mass is 10.1. The van der Waals surface area contributed by atoms with Crippen LogP contribution in [0.5, 0.6) is 0 Å². The highest BCUT2D eigenvalue weighted by atomic mass is 19.1. The molecule has 0 radical (unpaired) electrons. The topological polar surface area (TPSA) is 59.0 Å². The van der Waals surface area contributed by atoms with E-state index in [0.29, 0.717) is 18.0 Å². The minimum Gasteiger partial charge on any atom is -0.340 e. The molecule has 5 nitrogen and oxygen atoms in total. The summed E-state index contributed by atoms with van der Waals surface area (Å²) in [6.07, 6.45) is 5.79. The van der Waals surface area contributed by atoms with E-state index < -0.39 is 0 Å². The molecular weight excluding hydrogens is 283 g/mol. The van der Waals surface area contributed by atoms with Crippen LogP contribution in [0.2, 0.25) is 0 Å². The van der Waals surface area contributed by atoms with Crippen LogP contribution in [0.4, 0.5) is 9.18 Å². The lowest BCUT2D eigenvalue weighted by Gasteiger charge is -2.08. The van der Waals surface area contributed by atoms with Gasteiger partial charge in [0.1, 0.15) is 5.82 Å². The Hall–Kier alpha value is -2.37. The Labute approximate surface area is 128 Å². The molecule has 1 aliphatic carbocycles. The number of hydrogen-bond donors (Lipinski definition) is 2. The molecule has 0 bridgehead atoms. The SMILES string of the molecule is Cn1cnc(CNC(=O)NCc2ccc(C3CC3)cc2F)c1. The van der Waals surface area contributed by atoms with Gasteiger partial charge in [-0.3, -0.25) is 0 Å². The molecule has 0 atom stereocenters. The average Bonchev–Trinajstić information content (AvgIpc) is 3.26. The van der Waals surface area contributed by atoms with Crippen molar-refractivity contribution in [3.05, 3.63) is 53.4 Å². The van der Waals surface area contributed by atoms with Gasteiger partial charge in [-0.1, -0.05) is 12.1 Å². The molecule has 3 rings (SSSR count).